The van der Waals surface area contributed by atoms with Gasteiger partial charge in [0.25, 0.3) is 0 Å². The van der Waals surface area contributed by atoms with E-state index in [1.165, 1.54) is 19.1 Å². The summed E-state index contributed by atoms with van der Waals surface area (Å²) in [6, 6.07) is 4.74. The van der Waals surface area contributed by atoms with E-state index in [-0.39, 0.29) is 17.9 Å². The Kier molecular flexibility index (Phi) is 5.35. The molecular weight excluding hydrogens is 311 g/mol. The first-order valence-corrected chi connectivity index (χ1v) is 7.38. The van der Waals surface area contributed by atoms with Gasteiger partial charge in [0.1, 0.15) is 6.54 Å². The molecule has 1 aromatic carbocycles. The van der Waals surface area contributed by atoms with Gasteiger partial charge in [-0.25, -0.2) is 8.42 Å². The Morgan fingerprint density at radius 2 is 1.76 bits per heavy atom. The Labute approximate surface area is 120 Å². The van der Waals surface area contributed by atoms with Crippen molar-refractivity contribution in [3.05, 3.63) is 29.8 Å². The molecule has 0 saturated carbocycles. The molecule has 21 heavy (non-hydrogen) atoms. The average molecular weight is 325 g/mol. The zero-order chi connectivity index (χ0) is 16.3. The first-order chi connectivity index (χ1) is 9.56. The van der Waals surface area contributed by atoms with Crippen LogP contribution in [-0.4, -0.2) is 43.1 Å². The van der Waals surface area contributed by atoms with E-state index in [2.05, 4.69) is 0 Å². The molecule has 0 aliphatic carbocycles. The Morgan fingerprint density at radius 3 is 2.14 bits per heavy atom. The van der Waals surface area contributed by atoms with Crippen molar-refractivity contribution in [1.29, 1.82) is 0 Å². The SMILES string of the molecule is CCN(CC(F)(F)F)S(=O)(=O)c1ccc(CC(=O)O)cc1. The van der Waals surface area contributed by atoms with Gasteiger partial charge in [-0.3, -0.25) is 4.79 Å². The Hall–Kier alpha value is -1.61. The number of carboxylic acid groups (broad SMARTS) is 1. The first-order valence-electron chi connectivity index (χ1n) is 5.94. The molecule has 0 heterocycles. The van der Waals surface area contributed by atoms with Crippen LogP contribution in [0.25, 0.3) is 0 Å². The maximum absolute atomic E-state index is 12.4. The summed E-state index contributed by atoms with van der Waals surface area (Å²) in [4.78, 5) is 10.2. The smallest absolute Gasteiger partial charge is 0.402 e. The van der Waals surface area contributed by atoms with Gasteiger partial charge in [-0.05, 0) is 17.7 Å². The molecule has 0 unspecified atom stereocenters. The number of halogens is 3. The fourth-order valence-electron chi connectivity index (χ4n) is 1.67. The van der Waals surface area contributed by atoms with E-state index in [1.54, 1.807) is 0 Å². The third-order valence-corrected chi connectivity index (χ3v) is 4.56. The quantitative estimate of drug-likeness (QED) is 0.867. The molecule has 1 rings (SSSR count). The molecule has 118 valence electrons. The lowest BCUT2D eigenvalue weighted by atomic mass is 10.2. The molecule has 0 bridgehead atoms. The Bertz CT molecular complexity index is 596. The molecule has 0 fully saturated rings. The molecule has 0 spiro atoms. The van der Waals surface area contributed by atoms with Crippen molar-refractivity contribution in [1.82, 2.24) is 4.31 Å². The lowest BCUT2D eigenvalue weighted by Crippen LogP contribution is -2.38. The Morgan fingerprint density at radius 1 is 1.24 bits per heavy atom. The maximum atomic E-state index is 12.4. The highest BCUT2D eigenvalue weighted by molar-refractivity contribution is 7.89. The van der Waals surface area contributed by atoms with Crippen LogP contribution in [0.2, 0.25) is 0 Å². The van der Waals surface area contributed by atoms with E-state index in [4.69, 9.17) is 5.11 Å². The van der Waals surface area contributed by atoms with Gasteiger partial charge in [-0.15, -0.1) is 0 Å². The number of aliphatic carboxylic acids is 1. The van der Waals surface area contributed by atoms with Crippen LogP contribution >= 0.6 is 0 Å². The number of carbonyl (C=O) groups is 1. The fraction of sp³-hybridized carbons (Fsp3) is 0.417. The molecule has 0 saturated heterocycles. The van der Waals surface area contributed by atoms with E-state index in [0.29, 0.717) is 9.87 Å². The van der Waals surface area contributed by atoms with Crippen LogP contribution in [0, 0.1) is 0 Å². The zero-order valence-electron chi connectivity index (χ0n) is 11.1. The monoisotopic (exact) mass is 325 g/mol. The van der Waals surface area contributed by atoms with Crippen LogP contribution in [0.15, 0.2) is 29.2 Å². The molecule has 0 aliphatic heterocycles. The second-order valence-corrected chi connectivity index (χ2v) is 6.20. The highest BCUT2D eigenvalue weighted by atomic mass is 32.2. The number of benzene rings is 1. The van der Waals surface area contributed by atoms with Gasteiger partial charge in [-0.2, -0.15) is 17.5 Å². The van der Waals surface area contributed by atoms with Crippen molar-refractivity contribution in [3.63, 3.8) is 0 Å². The van der Waals surface area contributed by atoms with Crippen LogP contribution in [0.1, 0.15) is 12.5 Å². The molecular formula is C12H14F3NO4S. The minimum atomic E-state index is -4.63. The number of sulfonamides is 1. The number of hydrogen-bond acceptors (Lipinski definition) is 3. The summed E-state index contributed by atoms with van der Waals surface area (Å²) in [5.74, 6) is -1.09. The third-order valence-electron chi connectivity index (χ3n) is 2.62. The summed E-state index contributed by atoms with van der Waals surface area (Å²) in [5.41, 5.74) is 0.361. The number of nitrogens with zero attached hydrogens (tertiary/aromatic N) is 1. The molecule has 1 aromatic rings. The van der Waals surface area contributed by atoms with E-state index in [0.717, 1.165) is 12.1 Å². The number of hydrogen-bond donors (Lipinski definition) is 1. The second-order valence-electron chi connectivity index (χ2n) is 4.26. The first kappa shape index (κ1) is 17.4. The molecule has 0 aliphatic rings. The normalized spacial score (nSPS) is 12.6. The molecule has 0 radical (unpaired) electrons. The van der Waals surface area contributed by atoms with Crippen molar-refractivity contribution in [2.45, 2.75) is 24.4 Å². The highest BCUT2D eigenvalue weighted by Gasteiger charge is 2.36. The van der Waals surface area contributed by atoms with E-state index in [1.807, 2.05) is 0 Å². The van der Waals surface area contributed by atoms with Gasteiger partial charge in [0, 0.05) is 6.54 Å². The highest BCUT2D eigenvalue weighted by Crippen LogP contribution is 2.22. The number of carboxylic acids is 1. The van der Waals surface area contributed by atoms with E-state index in [9.17, 15) is 26.4 Å². The van der Waals surface area contributed by atoms with Crippen molar-refractivity contribution >= 4 is 16.0 Å². The molecule has 1 N–H and O–H groups in total. The topological polar surface area (TPSA) is 74.7 Å². The van der Waals surface area contributed by atoms with Gasteiger partial charge >= 0.3 is 12.1 Å². The van der Waals surface area contributed by atoms with Crippen LogP contribution in [0.5, 0.6) is 0 Å². The summed E-state index contributed by atoms with van der Waals surface area (Å²) in [6.45, 7) is -0.580. The van der Waals surface area contributed by atoms with Crippen LogP contribution < -0.4 is 0 Å². The van der Waals surface area contributed by atoms with Gasteiger partial charge in [-0.1, -0.05) is 19.1 Å². The second kappa shape index (κ2) is 6.44. The van der Waals surface area contributed by atoms with Crippen LogP contribution in [-0.2, 0) is 21.2 Å². The summed E-state index contributed by atoms with van der Waals surface area (Å²) in [5, 5.41) is 8.60. The molecule has 0 aromatic heterocycles. The van der Waals surface area contributed by atoms with Gasteiger partial charge < -0.3 is 5.11 Å². The molecule has 5 nitrogen and oxygen atoms in total. The lowest BCUT2D eigenvalue weighted by Gasteiger charge is -2.21. The van der Waals surface area contributed by atoms with Crippen molar-refractivity contribution in [2.24, 2.45) is 0 Å². The van der Waals surface area contributed by atoms with Crippen molar-refractivity contribution in [3.8, 4) is 0 Å². The summed E-state index contributed by atoms with van der Waals surface area (Å²) in [6.07, 6.45) is -4.92. The van der Waals surface area contributed by atoms with Crippen molar-refractivity contribution < 1.29 is 31.5 Å². The van der Waals surface area contributed by atoms with Gasteiger partial charge in [0.2, 0.25) is 10.0 Å². The minimum absolute atomic E-state index is 0.291. The summed E-state index contributed by atoms with van der Waals surface area (Å²) in [7, 11) is -4.26. The zero-order valence-corrected chi connectivity index (χ0v) is 11.9. The fourth-order valence-corrected chi connectivity index (χ4v) is 3.10. The van der Waals surface area contributed by atoms with E-state index >= 15 is 0 Å². The summed E-state index contributed by atoms with van der Waals surface area (Å²) < 4.78 is 61.6. The largest absolute Gasteiger partial charge is 0.481 e. The number of rotatable bonds is 6. The minimum Gasteiger partial charge on any atom is -0.481 e. The molecule has 0 atom stereocenters. The Balaban J connectivity index is 3.03. The predicted octanol–water partition coefficient (Wildman–Crippen LogP) is 1.89. The van der Waals surface area contributed by atoms with E-state index < -0.39 is 28.7 Å². The predicted molar refractivity (Wildman–Crippen MR) is 68.3 cm³/mol. The standard InChI is InChI=1S/C12H14F3NO4S/c1-2-16(8-12(13,14)15)21(19,20)10-5-3-9(4-6-10)7-11(17)18/h3-6H,2,7-8H2,1H3,(H,17,18). The average Bonchev–Trinajstić information content (AvgIpc) is 2.34. The van der Waals surface area contributed by atoms with Crippen LogP contribution in [0.4, 0.5) is 13.2 Å². The third kappa shape index (κ3) is 5.01. The van der Waals surface area contributed by atoms with Gasteiger partial charge in [0.15, 0.2) is 0 Å². The molecule has 9 heteroatoms. The number of alkyl halides is 3. The van der Waals surface area contributed by atoms with Crippen LogP contribution in [0.3, 0.4) is 0 Å². The maximum Gasteiger partial charge on any atom is 0.402 e. The summed E-state index contributed by atoms with van der Waals surface area (Å²) >= 11 is 0. The lowest BCUT2D eigenvalue weighted by molar-refractivity contribution is -0.136. The van der Waals surface area contributed by atoms with Crippen molar-refractivity contribution in [2.75, 3.05) is 13.1 Å². The molecule has 0 amide bonds. The van der Waals surface area contributed by atoms with Gasteiger partial charge in [0.05, 0.1) is 11.3 Å².